The maximum Gasteiger partial charge on any atom is 0.223 e. The van der Waals surface area contributed by atoms with Gasteiger partial charge in [-0.05, 0) is 68.9 Å². The predicted molar refractivity (Wildman–Crippen MR) is 120 cm³/mol. The predicted octanol–water partition coefficient (Wildman–Crippen LogP) is 4.52. The fraction of sp³-hybridized carbons (Fsp3) is 0.480. The van der Waals surface area contributed by atoms with E-state index >= 15 is 0 Å². The summed E-state index contributed by atoms with van der Waals surface area (Å²) >= 11 is 0. The molecule has 1 N–H and O–H groups in total. The molecule has 0 radical (unpaired) electrons. The number of hydrogen-bond donors (Lipinski definition) is 1. The number of nitrogens with zero attached hydrogens (tertiary/aromatic N) is 2. The molecule has 4 rings (SSSR count). The lowest BCUT2D eigenvalue weighted by Crippen LogP contribution is -2.40. The minimum absolute atomic E-state index is 0.129. The molecule has 154 valence electrons. The highest BCUT2D eigenvalue weighted by molar-refractivity contribution is 5.79. The molecule has 0 aromatic heterocycles. The second-order valence-corrected chi connectivity index (χ2v) is 8.53. The minimum atomic E-state index is 0.129. The molecule has 0 unspecified atom stereocenters. The number of rotatable bonds is 5. The number of piperidine rings is 2. The average Bonchev–Trinajstić information content (AvgIpc) is 2.79. The fourth-order valence-corrected chi connectivity index (χ4v) is 4.47. The quantitative estimate of drug-likeness (QED) is 0.814. The largest absolute Gasteiger partial charge is 0.372 e. The van der Waals surface area contributed by atoms with Crippen molar-refractivity contribution in [2.24, 2.45) is 5.92 Å². The van der Waals surface area contributed by atoms with Crippen molar-refractivity contribution in [1.29, 1.82) is 0 Å². The first-order valence-electron chi connectivity index (χ1n) is 11.1. The SMILES string of the molecule is Cc1ccc(N2CCC(C(=O)NCc3ccc(N4CCCCC4)cc3)CC2)cc1. The summed E-state index contributed by atoms with van der Waals surface area (Å²) in [6.45, 7) is 6.96. The van der Waals surface area contributed by atoms with Gasteiger partial charge >= 0.3 is 0 Å². The van der Waals surface area contributed by atoms with Crippen LogP contribution < -0.4 is 15.1 Å². The van der Waals surface area contributed by atoms with Crippen molar-refractivity contribution < 1.29 is 4.79 Å². The third-order valence-electron chi connectivity index (χ3n) is 6.39. The van der Waals surface area contributed by atoms with Crippen LogP contribution in [-0.2, 0) is 11.3 Å². The Hall–Kier alpha value is -2.49. The van der Waals surface area contributed by atoms with E-state index in [4.69, 9.17) is 0 Å². The Kier molecular flexibility index (Phi) is 6.38. The number of aryl methyl sites for hydroxylation is 1. The average molecular weight is 392 g/mol. The second-order valence-electron chi connectivity index (χ2n) is 8.53. The Morgan fingerprint density at radius 1 is 0.828 bits per heavy atom. The minimum Gasteiger partial charge on any atom is -0.372 e. The van der Waals surface area contributed by atoms with Crippen LogP contribution in [0.4, 0.5) is 11.4 Å². The van der Waals surface area contributed by atoms with Crippen molar-refractivity contribution in [3.8, 4) is 0 Å². The summed E-state index contributed by atoms with van der Waals surface area (Å²) in [6, 6.07) is 17.4. The van der Waals surface area contributed by atoms with Gasteiger partial charge in [0.05, 0.1) is 0 Å². The molecule has 0 saturated carbocycles. The summed E-state index contributed by atoms with van der Waals surface area (Å²) in [5.41, 5.74) is 5.04. The van der Waals surface area contributed by atoms with Gasteiger partial charge in [0.15, 0.2) is 0 Å². The summed E-state index contributed by atoms with van der Waals surface area (Å²) in [4.78, 5) is 17.5. The van der Waals surface area contributed by atoms with E-state index in [9.17, 15) is 4.79 Å². The van der Waals surface area contributed by atoms with Crippen molar-refractivity contribution in [3.63, 3.8) is 0 Å². The molecule has 0 atom stereocenters. The summed E-state index contributed by atoms with van der Waals surface area (Å²) in [5.74, 6) is 0.331. The van der Waals surface area contributed by atoms with Crippen LogP contribution in [0.3, 0.4) is 0 Å². The number of anilines is 2. The highest BCUT2D eigenvalue weighted by atomic mass is 16.1. The normalized spacial score (nSPS) is 18.0. The van der Waals surface area contributed by atoms with Crippen LogP contribution in [0.1, 0.15) is 43.2 Å². The number of benzene rings is 2. The summed E-state index contributed by atoms with van der Waals surface area (Å²) in [7, 11) is 0. The Morgan fingerprint density at radius 2 is 1.38 bits per heavy atom. The molecule has 2 aromatic rings. The van der Waals surface area contributed by atoms with Crippen LogP contribution in [0, 0.1) is 12.8 Å². The molecule has 2 aliphatic rings. The number of carbonyl (C=O) groups excluding carboxylic acids is 1. The van der Waals surface area contributed by atoms with Crippen LogP contribution in [0.5, 0.6) is 0 Å². The van der Waals surface area contributed by atoms with Gasteiger partial charge in [-0.3, -0.25) is 4.79 Å². The van der Waals surface area contributed by atoms with Gasteiger partial charge in [-0.25, -0.2) is 0 Å². The third-order valence-corrected chi connectivity index (χ3v) is 6.39. The lowest BCUT2D eigenvalue weighted by Gasteiger charge is -2.33. The van der Waals surface area contributed by atoms with Crippen LogP contribution in [0.25, 0.3) is 0 Å². The van der Waals surface area contributed by atoms with Gasteiger partial charge in [-0.15, -0.1) is 0 Å². The van der Waals surface area contributed by atoms with Gasteiger partial charge in [0.2, 0.25) is 5.91 Å². The van der Waals surface area contributed by atoms with E-state index in [0.717, 1.165) is 39.0 Å². The summed E-state index contributed by atoms with van der Waals surface area (Å²) in [6.07, 6.45) is 5.78. The molecular formula is C25H33N3O. The van der Waals surface area contributed by atoms with Crippen molar-refractivity contribution in [2.45, 2.75) is 45.6 Å². The van der Waals surface area contributed by atoms with Crippen molar-refractivity contribution >= 4 is 17.3 Å². The number of amides is 1. The first-order valence-corrected chi connectivity index (χ1v) is 11.1. The third kappa shape index (κ3) is 5.11. The maximum absolute atomic E-state index is 12.6. The Bertz CT molecular complexity index is 786. The molecule has 2 aromatic carbocycles. The molecule has 4 heteroatoms. The van der Waals surface area contributed by atoms with Crippen LogP contribution >= 0.6 is 0 Å². The van der Waals surface area contributed by atoms with Crippen molar-refractivity contribution in [1.82, 2.24) is 5.32 Å². The Labute approximate surface area is 174 Å². The lowest BCUT2D eigenvalue weighted by atomic mass is 9.95. The van der Waals surface area contributed by atoms with Gasteiger partial charge in [0, 0.05) is 50.0 Å². The molecule has 2 aliphatic heterocycles. The second kappa shape index (κ2) is 9.34. The zero-order chi connectivity index (χ0) is 20.1. The fourth-order valence-electron chi connectivity index (χ4n) is 4.47. The van der Waals surface area contributed by atoms with Crippen LogP contribution in [0.2, 0.25) is 0 Å². The van der Waals surface area contributed by atoms with Gasteiger partial charge in [0.1, 0.15) is 0 Å². The molecule has 2 heterocycles. The van der Waals surface area contributed by atoms with Gasteiger partial charge < -0.3 is 15.1 Å². The van der Waals surface area contributed by atoms with Gasteiger partial charge in [-0.2, -0.15) is 0 Å². The van der Waals surface area contributed by atoms with Crippen molar-refractivity contribution in [2.75, 3.05) is 36.0 Å². The number of carbonyl (C=O) groups is 1. The smallest absolute Gasteiger partial charge is 0.223 e. The number of nitrogens with one attached hydrogen (secondary N) is 1. The monoisotopic (exact) mass is 391 g/mol. The first kappa shape index (κ1) is 19.8. The molecule has 2 fully saturated rings. The van der Waals surface area contributed by atoms with E-state index in [2.05, 4.69) is 70.6 Å². The standard InChI is InChI=1S/C25H33N3O/c1-20-5-9-23(10-6-20)28-17-13-22(14-18-28)25(29)26-19-21-7-11-24(12-8-21)27-15-3-2-4-16-27/h5-12,22H,2-4,13-19H2,1H3,(H,26,29). The van der Waals surface area contributed by atoms with Gasteiger partial charge in [-0.1, -0.05) is 29.8 Å². The number of hydrogen-bond acceptors (Lipinski definition) is 3. The van der Waals surface area contributed by atoms with Crippen LogP contribution in [0.15, 0.2) is 48.5 Å². The Morgan fingerprint density at radius 3 is 2.00 bits per heavy atom. The molecule has 4 nitrogen and oxygen atoms in total. The van der Waals surface area contributed by atoms with E-state index in [1.165, 1.54) is 41.8 Å². The maximum atomic E-state index is 12.6. The van der Waals surface area contributed by atoms with E-state index in [1.54, 1.807) is 0 Å². The zero-order valence-electron chi connectivity index (χ0n) is 17.6. The molecule has 2 saturated heterocycles. The van der Waals surface area contributed by atoms with Gasteiger partial charge in [0.25, 0.3) is 0 Å². The lowest BCUT2D eigenvalue weighted by molar-refractivity contribution is -0.125. The van der Waals surface area contributed by atoms with Crippen molar-refractivity contribution in [3.05, 3.63) is 59.7 Å². The topological polar surface area (TPSA) is 35.6 Å². The highest BCUT2D eigenvalue weighted by Gasteiger charge is 2.25. The van der Waals surface area contributed by atoms with E-state index < -0.39 is 0 Å². The molecule has 0 spiro atoms. The summed E-state index contributed by atoms with van der Waals surface area (Å²) in [5, 5.41) is 3.16. The first-order chi connectivity index (χ1) is 14.2. The highest BCUT2D eigenvalue weighted by Crippen LogP contribution is 2.24. The zero-order valence-corrected chi connectivity index (χ0v) is 17.6. The van der Waals surface area contributed by atoms with E-state index in [0.29, 0.717) is 6.54 Å². The van der Waals surface area contributed by atoms with Crippen LogP contribution in [-0.4, -0.2) is 32.1 Å². The summed E-state index contributed by atoms with van der Waals surface area (Å²) < 4.78 is 0. The molecule has 1 amide bonds. The molecular weight excluding hydrogens is 358 g/mol. The van der Waals surface area contributed by atoms with E-state index in [1.807, 2.05) is 0 Å². The molecule has 29 heavy (non-hydrogen) atoms. The van der Waals surface area contributed by atoms with E-state index in [-0.39, 0.29) is 11.8 Å². The molecule has 0 aliphatic carbocycles. The Balaban J connectivity index is 1.23. The molecule has 0 bridgehead atoms.